The van der Waals surface area contributed by atoms with Crippen LogP contribution >= 0.6 is 11.3 Å². The molecule has 1 amide bonds. The standard InChI is InChI=1S/C11H15N5O3S/c1-7-13-14-11-16(7)15-9(20-11)5-6-12-8(17)3-4-10(18)19-2/h3-6H2,1-2H3,(H,12,17). The number of hydrogen-bond acceptors (Lipinski definition) is 7. The molecule has 8 nitrogen and oxygen atoms in total. The van der Waals surface area contributed by atoms with Gasteiger partial charge in [0, 0.05) is 19.4 Å². The van der Waals surface area contributed by atoms with Gasteiger partial charge in [0.05, 0.1) is 13.5 Å². The van der Waals surface area contributed by atoms with Gasteiger partial charge in [0.1, 0.15) is 5.01 Å². The van der Waals surface area contributed by atoms with Gasteiger partial charge in [0.25, 0.3) is 0 Å². The average molecular weight is 297 g/mol. The van der Waals surface area contributed by atoms with Gasteiger partial charge in [0.2, 0.25) is 10.9 Å². The van der Waals surface area contributed by atoms with Gasteiger partial charge < -0.3 is 10.1 Å². The van der Waals surface area contributed by atoms with Gasteiger partial charge in [-0.25, -0.2) is 0 Å². The highest BCUT2D eigenvalue weighted by molar-refractivity contribution is 7.16. The molecule has 0 aliphatic heterocycles. The molecule has 1 N–H and O–H groups in total. The highest BCUT2D eigenvalue weighted by Crippen LogP contribution is 2.13. The van der Waals surface area contributed by atoms with Gasteiger partial charge in [-0.1, -0.05) is 11.3 Å². The Labute approximate surface area is 119 Å². The zero-order chi connectivity index (χ0) is 14.5. The predicted molar refractivity (Wildman–Crippen MR) is 71.4 cm³/mol. The van der Waals surface area contributed by atoms with Crippen LogP contribution in [0.25, 0.3) is 4.96 Å². The fraction of sp³-hybridized carbons (Fsp3) is 0.545. The number of rotatable bonds is 6. The number of ether oxygens (including phenoxy) is 1. The Kier molecular flexibility index (Phi) is 4.61. The van der Waals surface area contributed by atoms with Crippen molar-refractivity contribution in [3.8, 4) is 0 Å². The summed E-state index contributed by atoms with van der Waals surface area (Å²) in [7, 11) is 1.30. The first-order valence-electron chi connectivity index (χ1n) is 6.11. The normalized spacial score (nSPS) is 10.7. The molecule has 0 aliphatic rings. The number of aryl methyl sites for hydroxylation is 1. The van der Waals surface area contributed by atoms with Crippen molar-refractivity contribution in [1.82, 2.24) is 25.1 Å². The van der Waals surface area contributed by atoms with Crippen molar-refractivity contribution < 1.29 is 14.3 Å². The van der Waals surface area contributed by atoms with Crippen LogP contribution in [-0.2, 0) is 20.7 Å². The molecule has 0 aromatic carbocycles. The highest BCUT2D eigenvalue weighted by atomic mass is 32.1. The second-order valence-corrected chi connectivity index (χ2v) is 5.15. The van der Waals surface area contributed by atoms with Crippen LogP contribution < -0.4 is 5.32 Å². The molecule has 9 heteroatoms. The smallest absolute Gasteiger partial charge is 0.306 e. The lowest BCUT2D eigenvalue weighted by Crippen LogP contribution is -2.26. The molecule has 0 atom stereocenters. The molecule has 0 saturated carbocycles. The van der Waals surface area contributed by atoms with Crippen LogP contribution in [0.4, 0.5) is 0 Å². The summed E-state index contributed by atoms with van der Waals surface area (Å²) in [6.07, 6.45) is 0.854. The Morgan fingerprint density at radius 1 is 1.35 bits per heavy atom. The molecule has 2 aromatic rings. The summed E-state index contributed by atoms with van der Waals surface area (Å²) in [4.78, 5) is 23.1. The molecule has 0 saturated heterocycles. The van der Waals surface area contributed by atoms with Crippen LogP contribution in [0.15, 0.2) is 0 Å². The SMILES string of the molecule is COC(=O)CCC(=O)NCCc1nn2c(C)nnc2s1. The third kappa shape index (κ3) is 3.50. The number of methoxy groups -OCH3 is 1. The molecule has 0 aliphatic carbocycles. The molecule has 0 fully saturated rings. The third-order valence-corrected chi connectivity index (χ3v) is 3.59. The Balaban J connectivity index is 1.75. The van der Waals surface area contributed by atoms with Crippen molar-refractivity contribution in [2.75, 3.05) is 13.7 Å². The first-order chi connectivity index (χ1) is 9.60. The van der Waals surface area contributed by atoms with E-state index in [0.717, 1.165) is 15.8 Å². The summed E-state index contributed by atoms with van der Waals surface area (Å²) in [6.45, 7) is 2.31. The van der Waals surface area contributed by atoms with E-state index in [1.807, 2.05) is 6.92 Å². The number of hydrogen-bond donors (Lipinski definition) is 1. The van der Waals surface area contributed by atoms with Gasteiger partial charge in [-0.05, 0) is 6.92 Å². The molecule has 2 heterocycles. The van der Waals surface area contributed by atoms with E-state index in [9.17, 15) is 9.59 Å². The second kappa shape index (κ2) is 6.42. The van der Waals surface area contributed by atoms with Crippen molar-refractivity contribution in [3.05, 3.63) is 10.8 Å². The van der Waals surface area contributed by atoms with E-state index in [1.165, 1.54) is 18.4 Å². The lowest BCUT2D eigenvalue weighted by molar-refractivity contribution is -0.142. The Morgan fingerprint density at radius 2 is 2.15 bits per heavy atom. The molecule has 0 radical (unpaired) electrons. The fourth-order valence-electron chi connectivity index (χ4n) is 1.57. The quantitative estimate of drug-likeness (QED) is 0.760. The van der Waals surface area contributed by atoms with E-state index >= 15 is 0 Å². The first-order valence-corrected chi connectivity index (χ1v) is 6.93. The minimum absolute atomic E-state index is 0.0955. The van der Waals surface area contributed by atoms with Crippen LogP contribution in [0.5, 0.6) is 0 Å². The molecule has 108 valence electrons. The summed E-state index contributed by atoms with van der Waals surface area (Å²) in [6, 6.07) is 0. The second-order valence-electron chi connectivity index (χ2n) is 4.11. The third-order valence-electron chi connectivity index (χ3n) is 2.63. The predicted octanol–water partition coefficient (Wildman–Crippen LogP) is 0.106. The summed E-state index contributed by atoms with van der Waals surface area (Å²) in [5, 5.41) is 15.8. The van der Waals surface area contributed by atoms with Crippen LogP contribution in [0.2, 0.25) is 0 Å². The Hall–Kier alpha value is -2.03. The van der Waals surface area contributed by atoms with E-state index < -0.39 is 0 Å². The van der Waals surface area contributed by atoms with Gasteiger partial charge >= 0.3 is 5.97 Å². The minimum atomic E-state index is -0.385. The van der Waals surface area contributed by atoms with Crippen LogP contribution in [0, 0.1) is 6.92 Å². The zero-order valence-corrected chi connectivity index (χ0v) is 12.1. The maximum Gasteiger partial charge on any atom is 0.306 e. The fourth-order valence-corrected chi connectivity index (χ4v) is 2.45. The van der Waals surface area contributed by atoms with E-state index in [4.69, 9.17) is 0 Å². The van der Waals surface area contributed by atoms with Crippen LogP contribution in [-0.4, -0.2) is 45.3 Å². The van der Waals surface area contributed by atoms with Crippen molar-refractivity contribution in [2.24, 2.45) is 0 Å². The maximum absolute atomic E-state index is 11.5. The molecule has 20 heavy (non-hydrogen) atoms. The van der Waals surface area contributed by atoms with Gasteiger partial charge in [0.15, 0.2) is 5.82 Å². The zero-order valence-electron chi connectivity index (χ0n) is 11.3. The van der Waals surface area contributed by atoms with Crippen molar-refractivity contribution in [1.29, 1.82) is 0 Å². The summed E-state index contributed by atoms with van der Waals surface area (Å²) in [5.74, 6) is 0.184. The largest absolute Gasteiger partial charge is 0.469 e. The molecular formula is C11H15N5O3S. The molecule has 0 bridgehead atoms. The average Bonchev–Trinajstić information content (AvgIpc) is 2.98. The molecule has 0 spiro atoms. The Morgan fingerprint density at radius 3 is 2.85 bits per heavy atom. The van der Waals surface area contributed by atoms with Crippen molar-refractivity contribution >= 4 is 28.2 Å². The molecule has 0 unspecified atom stereocenters. The van der Waals surface area contributed by atoms with E-state index in [0.29, 0.717) is 13.0 Å². The number of aromatic nitrogens is 4. The van der Waals surface area contributed by atoms with Gasteiger partial charge in [-0.15, -0.1) is 10.2 Å². The summed E-state index contributed by atoms with van der Waals surface area (Å²) >= 11 is 1.44. The number of nitrogens with one attached hydrogen (secondary N) is 1. The van der Waals surface area contributed by atoms with Crippen LogP contribution in [0.3, 0.4) is 0 Å². The minimum Gasteiger partial charge on any atom is -0.469 e. The van der Waals surface area contributed by atoms with E-state index in [2.05, 4.69) is 25.3 Å². The van der Waals surface area contributed by atoms with Crippen molar-refractivity contribution in [2.45, 2.75) is 26.2 Å². The Bertz CT molecular complexity index is 621. The monoisotopic (exact) mass is 297 g/mol. The highest BCUT2D eigenvalue weighted by Gasteiger charge is 2.09. The number of carbonyl (C=O) groups is 2. The number of carbonyl (C=O) groups excluding carboxylic acids is 2. The summed E-state index contributed by atoms with van der Waals surface area (Å²) < 4.78 is 6.15. The van der Waals surface area contributed by atoms with Crippen LogP contribution in [0.1, 0.15) is 23.7 Å². The molecule has 2 rings (SSSR count). The van der Waals surface area contributed by atoms with Crippen molar-refractivity contribution in [3.63, 3.8) is 0 Å². The van der Waals surface area contributed by atoms with Gasteiger partial charge in [-0.2, -0.15) is 9.61 Å². The van der Waals surface area contributed by atoms with E-state index in [-0.39, 0.29) is 24.7 Å². The number of amides is 1. The lowest BCUT2D eigenvalue weighted by Gasteiger charge is -2.02. The topological polar surface area (TPSA) is 98.5 Å². The number of fused-ring (bicyclic) bond motifs is 1. The number of esters is 1. The van der Waals surface area contributed by atoms with Gasteiger partial charge in [-0.3, -0.25) is 9.59 Å². The first kappa shape index (κ1) is 14.4. The number of nitrogens with zero attached hydrogens (tertiary/aromatic N) is 4. The van der Waals surface area contributed by atoms with E-state index in [1.54, 1.807) is 4.52 Å². The summed E-state index contributed by atoms with van der Waals surface area (Å²) in [5.41, 5.74) is 0. The lowest BCUT2D eigenvalue weighted by atomic mass is 10.3. The molecular weight excluding hydrogens is 282 g/mol. The molecule has 2 aromatic heterocycles. The maximum atomic E-state index is 11.5.